The average molecular weight is 551 g/mol. The molecule has 13 rings (SSSR count). The minimum atomic E-state index is -0.0718. The number of hydrogen-bond acceptors (Lipinski definition) is 8. The maximum atomic E-state index is 13.5. The van der Waals surface area contributed by atoms with Crippen LogP contribution >= 0.6 is 0 Å². The molecule has 0 aliphatic carbocycles. The molecule has 3 N–H and O–H groups in total. The third-order valence-corrected chi connectivity index (χ3v) is 9.03. The molecule has 12 bridgehead atoms. The molecule has 12 heteroatoms. The van der Waals surface area contributed by atoms with Gasteiger partial charge >= 0.3 is 0 Å². The number of carbonyl (C=O) groups excluding carboxylic acids is 1. The van der Waals surface area contributed by atoms with Crippen LogP contribution in [0.5, 0.6) is 0 Å². The van der Waals surface area contributed by atoms with Crippen LogP contribution in [-0.2, 0) is 0 Å². The maximum absolute atomic E-state index is 13.5. The van der Waals surface area contributed by atoms with E-state index in [0.717, 1.165) is 95.9 Å². The Hall–Kier alpha value is -4.55. The summed E-state index contributed by atoms with van der Waals surface area (Å²) >= 11 is 0. The first-order valence-corrected chi connectivity index (χ1v) is 14.2. The highest BCUT2D eigenvalue weighted by Gasteiger charge is 2.38. The Balaban J connectivity index is 1.19. The van der Waals surface area contributed by atoms with Crippen molar-refractivity contribution < 1.29 is 9.39 Å². The lowest BCUT2D eigenvalue weighted by Gasteiger charge is -2.49. The van der Waals surface area contributed by atoms with Gasteiger partial charge in [0.2, 0.25) is 5.95 Å². The van der Waals surface area contributed by atoms with Gasteiger partial charge in [-0.3, -0.25) is 4.79 Å². The summed E-state index contributed by atoms with van der Waals surface area (Å²) in [6.45, 7) is 5.76. The van der Waals surface area contributed by atoms with E-state index in [2.05, 4.69) is 53.7 Å². The molecule has 0 radical (unpaired) electrons. The second-order valence-electron chi connectivity index (χ2n) is 11.5. The molecule has 0 atom stereocenters. The molecule has 208 valence electrons. The fourth-order valence-electron chi connectivity index (χ4n) is 6.55. The van der Waals surface area contributed by atoms with Gasteiger partial charge in [-0.25, -0.2) is 19.1 Å². The van der Waals surface area contributed by atoms with Crippen LogP contribution in [0.4, 0.5) is 17.5 Å². The Morgan fingerprint density at radius 1 is 1.00 bits per heavy atom. The van der Waals surface area contributed by atoms with Crippen molar-refractivity contribution in [1.29, 1.82) is 0 Å². The van der Waals surface area contributed by atoms with Crippen LogP contribution in [0.1, 0.15) is 23.2 Å². The number of aromatic nitrogens is 6. The summed E-state index contributed by atoms with van der Waals surface area (Å²) in [4.78, 5) is 33.1. The minimum Gasteiger partial charge on any atom is -0.354 e. The summed E-state index contributed by atoms with van der Waals surface area (Å²) in [7, 11) is 2.33. The highest BCUT2D eigenvalue weighted by Crippen LogP contribution is 2.31. The number of hydrogen-bond donors (Lipinski definition) is 3. The molecule has 5 aromatic rings. The third-order valence-electron chi connectivity index (χ3n) is 9.03. The van der Waals surface area contributed by atoms with Gasteiger partial charge in [0.15, 0.2) is 0 Å². The summed E-state index contributed by atoms with van der Waals surface area (Å²) in [5.41, 5.74) is 4.92. The lowest BCUT2D eigenvalue weighted by Crippen LogP contribution is -2.66. The number of aromatic amines is 1. The molecule has 0 unspecified atom stereocenters. The van der Waals surface area contributed by atoms with Gasteiger partial charge in [-0.2, -0.15) is 15.1 Å². The monoisotopic (exact) mass is 550 g/mol. The number of rotatable bonds is 0. The van der Waals surface area contributed by atoms with E-state index in [0.29, 0.717) is 11.5 Å². The van der Waals surface area contributed by atoms with Gasteiger partial charge in [0.05, 0.1) is 50.5 Å². The van der Waals surface area contributed by atoms with Crippen molar-refractivity contribution in [2.75, 3.05) is 56.5 Å². The average Bonchev–Trinajstić information content (AvgIpc) is 3.62. The first-order chi connectivity index (χ1) is 20.0. The van der Waals surface area contributed by atoms with Crippen LogP contribution in [0.15, 0.2) is 55.2 Å². The second kappa shape index (κ2) is 9.25. The summed E-state index contributed by atoms with van der Waals surface area (Å²) in [5.74, 6) is 1.39. The van der Waals surface area contributed by atoms with Crippen molar-refractivity contribution in [3.05, 3.63) is 60.8 Å². The number of carbonyl (C=O) groups is 1. The molecule has 13 heterocycles. The molecule has 8 aliphatic heterocycles. The first-order valence-electron chi connectivity index (χ1n) is 14.2. The Labute approximate surface area is 236 Å². The molecule has 5 aromatic heterocycles. The number of piperidine rings is 1. The van der Waals surface area contributed by atoms with Crippen molar-refractivity contribution in [2.45, 2.75) is 18.9 Å². The quantitative estimate of drug-likeness (QED) is 0.252. The molecule has 0 spiro atoms. The van der Waals surface area contributed by atoms with Gasteiger partial charge in [0, 0.05) is 79.5 Å². The van der Waals surface area contributed by atoms with Crippen LogP contribution in [0.2, 0.25) is 0 Å². The van der Waals surface area contributed by atoms with Crippen molar-refractivity contribution in [1.82, 2.24) is 39.9 Å². The van der Waals surface area contributed by atoms with Crippen LogP contribution in [0.3, 0.4) is 0 Å². The summed E-state index contributed by atoms with van der Waals surface area (Å²) < 4.78 is 2.67. The molecule has 0 saturated carbocycles. The normalized spacial score (nSPS) is 24.4. The van der Waals surface area contributed by atoms with Gasteiger partial charge in [-0.15, -0.1) is 0 Å². The van der Waals surface area contributed by atoms with Crippen molar-refractivity contribution >= 4 is 39.9 Å². The SMILES string of the molecule is C[N+]12CCC(CC1)NC(=O)c1cnn3ccc(cc13)-c1c[nH]c3nc(ncc13)Nc1ccnc(c1)N1CCN2CC1. The molecule has 2 fully saturated rings. The molecule has 12 nitrogen and oxygen atoms in total. The molecule has 2 saturated heterocycles. The summed E-state index contributed by atoms with van der Waals surface area (Å²) in [6.07, 6.45) is 11.0. The number of nitrogens with zero attached hydrogens (tertiary/aromatic N) is 8. The van der Waals surface area contributed by atoms with Crippen LogP contribution in [0.25, 0.3) is 27.7 Å². The van der Waals surface area contributed by atoms with Gasteiger partial charge < -0.3 is 20.5 Å². The van der Waals surface area contributed by atoms with Crippen LogP contribution < -0.4 is 15.5 Å². The zero-order valence-corrected chi connectivity index (χ0v) is 22.9. The lowest BCUT2D eigenvalue weighted by atomic mass is 10.0. The zero-order chi connectivity index (χ0) is 27.6. The Morgan fingerprint density at radius 3 is 2.71 bits per heavy atom. The smallest absolute Gasteiger partial charge is 0.255 e. The highest BCUT2D eigenvalue weighted by atomic mass is 16.1. The fourth-order valence-corrected chi connectivity index (χ4v) is 6.55. The third kappa shape index (κ3) is 4.18. The summed E-state index contributed by atoms with van der Waals surface area (Å²) in [5, 5.41) is 14.6. The number of nitrogens with one attached hydrogen (secondary N) is 3. The van der Waals surface area contributed by atoms with Crippen molar-refractivity contribution in [3.8, 4) is 11.1 Å². The van der Waals surface area contributed by atoms with E-state index >= 15 is 0 Å². The number of pyridine rings is 2. The minimum absolute atomic E-state index is 0.0718. The maximum Gasteiger partial charge on any atom is 0.255 e. The predicted molar refractivity (Wildman–Crippen MR) is 156 cm³/mol. The van der Waals surface area contributed by atoms with E-state index in [9.17, 15) is 4.79 Å². The number of quaternary nitrogens is 1. The Kier molecular flexibility index (Phi) is 5.47. The Bertz CT molecular complexity index is 1780. The Morgan fingerprint density at radius 2 is 1.85 bits per heavy atom. The molecular formula is C29H32N11O+. The van der Waals surface area contributed by atoms with Crippen LogP contribution in [-0.4, -0.2) is 97.4 Å². The summed E-state index contributed by atoms with van der Waals surface area (Å²) in [6, 6.07) is 8.17. The molecule has 8 aliphatic rings. The number of H-pyrrole nitrogens is 1. The van der Waals surface area contributed by atoms with E-state index < -0.39 is 0 Å². The van der Waals surface area contributed by atoms with Gasteiger partial charge in [-0.05, 0) is 23.8 Å². The van der Waals surface area contributed by atoms with Gasteiger partial charge in [0.25, 0.3) is 5.91 Å². The topological polar surface area (TPSA) is 119 Å². The van der Waals surface area contributed by atoms with Gasteiger partial charge in [0.1, 0.15) is 11.5 Å². The van der Waals surface area contributed by atoms with Crippen molar-refractivity contribution in [3.63, 3.8) is 0 Å². The van der Waals surface area contributed by atoms with Crippen molar-refractivity contribution in [2.24, 2.45) is 0 Å². The van der Waals surface area contributed by atoms with E-state index in [1.54, 1.807) is 10.7 Å². The number of amides is 1. The molecule has 1 amide bonds. The van der Waals surface area contributed by atoms with E-state index in [-0.39, 0.29) is 11.9 Å². The van der Waals surface area contributed by atoms with E-state index in [4.69, 9.17) is 4.98 Å². The fraction of sp³-hybridized carbons (Fsp3) is 0.345. The first kappa shape index (κ1) is 24.3. The number of anilines is 3. The molecule has 41 heavy (non-hydrogen) atoms. The lowest BCUT2D eigenvalue weighted by molar-refractivity contribution is -1.02. The predicted octanol–water partition coefficient (Wildman–Crippen LogP) is 2.80. The second-order valence-corrected chi connectivity index (χ2v) is 11.5. The van der Waals surface area contributed by atoms with E-state index in [1.165, 1.54) is 0 Å². The highest BCUT2D eigenvalue weighted by molar-refractivity contribution is 6.02. The van der Waals surface area contributed by atoms with Crippen LogP contribution in [0, 0.1) is 0 Å². The van der Waals surface area contributed by atoms with Gasteiger partial charge in [-0.1, -0.05) is 0 Å². The molecule has 0 aromatic carbocycles. The number of piperazine rings is 1. The standard InChI is InChI=1S/C29H31N11O/c1-40-12-4-20(5-13-40)34-28(41)24-18-33-39-7-3-19(14-25(24)39)22-16-31-27-23(22)17-32-29(36-27)35-21-2-6-30-26(15-21)37-8-10-38(40)11-9-37/h2-3,6-7,14-18,20H,4-5,8-13H2,1H3,(H2-,30,31,32,33,34,35,36,41)/p+1. The zero-order valence-electron chi connectivity index (χ0n) is 22.9. The largest absolute Gasteiger partial charge is 0.354 e. The van der Waals surface area contributed by atoms with E-state index in [1.807, 2.05) is 43.0 Å². The molecular weight excluding hydrogens is 518 g/mol.